The van der Waals surface area contributed by atoms with Crippen molar-refractivity contribution in [3.63, 3.8) is 0 Å². The number of rotatable bonds is 2. The molecule has 0 radical (unpaired) electrons. The topological polar surface area (TPSA) is 34.1 Å². The Morgan fingerprint density at radius 1 is 1.11 bits per heavy atom. The zero-order valence-corrected chi connectivity index (χ0v) is 5.61. The lowest BCUT2D eigenvalue weighted by Crippen LogP contribution is -1.84. The average molecular weight is 142 g/mol. The third-order valence-electron chi connectivity index (χ3n) is 0.495. The van der Waals surface area contributed by atoms with Crippen LogP contribution in [0.5, 0.6) is 0 Å². The minimum atomic E-state index is -3.28. The van der Waals surface area contributed by atoms with Crippen LogP contribution in [-0.2, 0) is 9.84 Å². The van der Waals surface area contributed by atoms with Crippen LogP contribution in [0.2, 0.25) is 0 Å². The van der Waals surface area contributed by atoms with Gasteiger partial charge in [0.1, 0.15) is 0 Å². The molecule has 0 bridgehead atoms. The van der Waals surface area contributed by atoms with Crippen molar-refractivity contribution < 1.29 is 8.42 Å². The summed E-state index contributed by atoms with van der Waals surface area (Å²) in [5.74, 6) is 0. The summed E-state index contributed by atoms with van der Waals surface area (Å²) in [6.07, 6.45) is 0. The summed E-state index contributed by atoms with van der Waals surface area (Å²) in [5.41, 5.74) is 4.26. The van der Waals surface area contributed by atoms with Gasteiger partial charge in [0.25, 0.3) is 0 Å². The van der Waals surface area contributed by atoms with E-state index in [1.165, 1.54) is 0 Å². The second-order valence-corrected chi connectivity index (χ2v) is 2.88. The quantitative estimate of drug-likeness (QED) is 0.539. The van der Waals surface area contributed by atoms with Crippen LogP contribution in [0.25, 0.3) is 0 Å². The van der Waals surface area contributed by atoms with E-state index in [1.807, 2.05) is 0 Å². The van der Waals surface area contributed by atoms with Gasteiger partial charge in [0.05, 0.1) is 10.8 Å². The third-order valence-corrected chi connectivity index (χ3v) is 1.49. The largest absolute Gasteiger partial charge is 0.218 e. The summed E-state index contributed by atoms with van der Waals surface area (Å²) in [4.78, 5) is 0. The molecular weight excluding hydrogens is 136 g/mol. The van der Waals surface area contributed by atoms with Crippen LogP contribution in [0, 0.1) is 0 Å². The molecule has 0 aromatic heterocycles. The predicted octanol–water partition coefficient (Wildman–Crippen LogP) is 0.998. The normalized spacial score (nSPS) is 8.89. The first-order chi connectivity index (χ1) is 4.12. The average Bonchev–Trinajstić information content (AvgIpc) is 1.64. The molecule has 0 unspecified atom stereocenters. The van der Waals surface area contributed by atoms with Gasteiger partial charge < -0.3 is 0 Å². The van der Waals surface area contributed by atoms with E-state index in [9.17, 15) is 8.42 Å². The Hall–Kier alpha value is -1.01. The van der Waals surface area contributed by atoms with Gasteiger partial charge in [-0.2, -0.15) is 0 Å². The van der Waals surface area contributed by atoms with Crippen molar-refractivity contribution in [2.45, 2.75) is 0 Å². The molecule has 48 valence electrons. The van der Waals surface area contributed by atoms with Crippen molar-refractivity contribution in [1.82, 2.24) is 0 Å². The number of sulfone groups is 1. The van der Waals surface area contributed by atoms with Gasteiger partial charge in [0.2, 0.25) is 9.84 Å². The van der Waals surface area contributed by atoms with Crippen LogP contribution >= 0.6 is 0 Å². The van der Waals surface area contributed by atoms with Gasteiger partial charge in [-0.1, -0.05) is 13.2 Å². The van der Waals surface area contributed by atoms with Gasteiger partial charge in [0, 0.05) is 0 Å². The Kier molecular flexibility index (Phi) is 2.75. The van der Waals surface area contributed by atoms with Crippen molar-refractivity contribution in [2.24, 2.45) is 0 Å². The minimum absolute atomic E-state index is 0.852. The minimum Gasteiger partial charge on any atom is -0.218 e. The van der Waals surface area contributed by atoms with E-state index in [1.54, 1.807) is 0 Å². The van der Waals surface area contributed by atoms with Crippen LogP contribution in [-0.4, -0.2) is 8.42 Å². The van der Waals surface area contributed by atoms with Crippen molar-refractivity contribution in [3.8, 4) is 0 Å². The third kappa shape index (κ3) is 3.56. The highest BCUT2D eigenvalue weighted by Crippen LogP contribution is 1.89. The molecule has 0 saturated carbocycles. The molecule has 0 aromatic rings. The van der Waals surface area contributed by atoms with Gasteiger partial charge in [-0.05, 0) is 0 Å². The first-order valence-electron chi connectivity index (χ1n) is 2.09. The van der Waals surface area contributed by atoms with E-state index in [0.29, 0.717) is 0 Å². The van der Waals surface area contributed by atoms with E-state index < -0.39 is 9.84 Å². The molecule has 0 rings (SSSR count). The summed E-state index contributed by atoms with van der Waals surface area (Å²) in [5, 5.41) is 1.70. The van der Waals surface area contributed by atoms with Crippen LogP contribution in [0.4, 0.5) is 0 Å². The maximum absolute atomic E-state index is 10.5. The molecule has 3 heteroatoms. The van der Waals surface area contributed by atoms with Gasteiger partial charge in [-0.25, -0.2) is 8.42 Å². The highest BCUT2D eigenvalue weighted by Gasteiger charge is 1.94. The summed E-state index contributed by atoms with van der Waals surface area (Å²) >= 11 is 0. The van der Waals surface area contributed by atoms with Crippen molar-refractivity contribution in [3.05, 3.63) is 35.4 Å². The SMILES string of the molecule is C=C=CS(=O)(=O)C=C=C. The fourth-order valence-corrected chi connectivity index (χ4v) is 0.799. The molecule has 9 heavy (non-hydrogen) atoms. The molecule has 0 aliphatic carbocycles. The van der Waals surface area contributed by atoms with Crippen LogP contribution in [0.1, 0.15) is 0 Å². The Morgan fingerprint density at radius 3 is 1.67 bits per heavy atom. The molecule has 0 aromatic carbocycles. The van der Waals surface area contributed by atoms with Gasteiger partial charge in [-0.3, -0.25) is 0 Å². The van der Waals surface area contributed by atoms with Crippen LogP contribution in [0.15, 0.2) is 35.4 Å². The molecule has 0 aliphatic rings. The number of hydrogen-bond acceptors (Lipinski definition) is 2. The van der Waals surface area contributed by atoms with Gasteiger partial charge in [-0.15, -0.1) is 11.5 Å². The smallest absolute Gasteiger partial charge is 0.207 e. The zero-order valence-electron chi connectivity index (χ0n) is 4.79. The van der Waals surface area contributed by atoms with Crippen LogP contribution < -0.4 is 0 Å². The van der Waals surface area contributed by atoms with Crippen molar-refractivity contribution in [1.29, 1.82) is 0 Å². The van der Waals surface area contributed by atoms with E-state index in [2.05, 4.69) is 24.6 Å². The maximum Gasteiger partial charge on any atom is 0.207 e. The molecule has 0 spiro atoms. The van der Waals surface area contributed by atoms with E-state index in [-0.39, 0.29) is 0 Å². The molecule has 0 heterocycles. The molecular formula is C6H6O2S. The molecule has 0 aliphatic heterocycles. The lowest BCUT2D eigenvalue weighted by atomic mass is 11.0. The van der Waals surface area contributed by atoms with Crippen molar-refractivity contribution in [2.75, 3.05) is 0 Å². The first-order valence-corrected chi connectivity index (χ1v) is 3.70. The lowest BCUT2D eigenvalue weighted by molar-refractivity contribution is 0.612. The summed E-state index contributed by atoms with van der Waals surface area (Å²) < 4.78 is 21.0. The number of hydrogen-bond donors (Lipinski definition) is 0. The van der Waals surface area contributed by atoms with E-state index in [4.69, 9.17) is 0 Å². The maximum atomic E-state index is 10.5. The van der Waals surface area contributed by atoms with Crippen molar-refractivity contribution >= 4 is 9.84 Å². The monoisotopic (exact) mass is 142 g/mol. The molecule has 0 atom stereocenters. The highest BCUT2D eigenvalue weighted by atomic mass is 32.2. The summed E-state index contributed by atoms with van der Waals surface area (Å²) in [6, 6.07) is 0. The second kappa shape index (κ2) is 3.10. The Bertz CT molecular complexity index is 248. The molecule has 0 amide bonds. The molecule has 0 fully saturated rings. The molecule has 0 saturated heterocycles. The van der Waals surface area contributed by atoms with Crippen LogP contribution in [0.3, 0.4) is 0 Å². The zero-order chi connectivity index (χ0) is 7.33. The lowest BCUT2D eigenvalue weighted by Gasteiger charge is -1.78. The fourth-order valence-electron chi connectivity index (χ4n) is 0.266. The Morgan fingerprint density at radius 2 is 1.44 bits per heavy atom. The van der Waals surface area contributed by atoms with Gasteiger partial charge in [0.15, 0.2) is 0 Å². The summed E-state index contributed by atoms with van der Waals surface area (Å²) in [6.45, 7) is 6.20. The Balaban J connectivity index is 4.84. The molecule has 0 N–H and O–H groups in total. The van der Waals surface area contributed by atoms with E-state index in [0.717, 1.165) is 10.8 Å². The second-order valence-electron chi connectivity index (χ2n) is 1.23. The summed E-state index contributed by atoms with van der Waals surface area (Å²) in [7, 11) is -3.28. The highest BCUT2D eigenvalue weighted by molar-refractivity contribution is 7.97. The Labute approximate surface area is 54.4 Å². The van der Waals surface area contributed by atoms with Gasteiger partial charge >= 0.3 is 0 Å². The molecule has 2 nitrogen and oxygen atoms in total. The predicted molar refractivity (Wildman–Crippen MR) is 36.3 cm³/mol. The standard InChI is InChI=1S/C6H6O2S/c1-3-5-9(7,8)6-4-2/h5-6H,1-2H2. The first kappa shape index (κ1) is 7.99. The fraction of sp³-hybridized carbons (Fsp3) is 0. The van der Waals surface area contributed by atoms with E-state index >= 15 is 0 Å².